The van der Waals surface area contributed by atoms with Gasteiger partial charge in [-0.2, -0.15) is 0 Å². The van der Waals surface area contributed by atoms with E-state index in [0.29, 0.717) is 5.56 Å². The highest BCUT2D eigenvalue weighted by molar-refractivity contribution is 9.09. The molecular weight excluding hydrogens is 354 g/mol. The number of alkyl halides is 1. The van der Waals surface area contributed by atoms with Crippen molar-refractivity contribution >= 4 is 31.7 Å². The number of benzene rings is 1. The SMILES string of the molecule is CS(=O)(=O)c1cccc(C(=O)N2CCCC2CCCBr)c1. The molecule has 1 fully saturated rings. The molecule has 0 aromatic heterocycles. The number of rotatable bonds is 5. The fourth-order valence-corrected chi connectivity index (χ4v) is 3.73. The van der Waals surface area contributed by atoms with E-state index in [0.717, 1.165) is 43.8 Å². The molecule has 1 amide bonds. The Bertz CT molecular complexity index is 615. The summed E-state index contributed by atoms with van der Waals surface area (Å²) in [4.78, 5) is 14.7. The third-order valence-electron chi connectivity index (χ3n) is 3.82. The first-order valence-corrected chi connectivity index (χ1v) is 10.1. The predicted molar refractivity (Wildman–Crippen MR) is 86.6 cm³/mol. The fourth-order valence-electron chi connectivity index (χ4n) is 2.74. The van der Waals surface area contributed by atoms with Crippen molar-refractivity contribution in [1.82, 2.24) is 4.90 Å². The van der Waals surface area contributed by atoms with Crippen molar-refractivity contribution in [2.45, 2.75) is 36.6 Å². The Kier molecular flexibility index (Phi) is 5.43. The van der Waals surface area contributed by atoms with E-state index < -0.39 is 9.84 Å². The number of halogens is 1. The summed E-state index contributed by atoms with van der Waals surface area (Å²) in [5.41, 5.74) is 0.462. The van der Waals surface area contributed by atoms with E-state index in [1.165, 1.54) is 12.1 Å². The van der Waals surface area contributed by atoms with E-state index in [9.17, 15) is 13.2 Å². The first-order chi connectivity index (χ1) is 9.93. The first-order valence-electron chi connectivity index (χ1n) is 7.10. The van der Waals surface area contributed by atoms with Crippen LogP contribution in [-0.2, 0) is 9.84 Å². The second-order valence-electron chi connectivity index (χ2n) is 5.43. The van der Waals surface area contributed by atoms with E-state index in [-0.39, 0.29) is 16.8 Å². The van der Waals surface area contributed by atoms with Crippen molar-refractivity contribution in [3.05, 3.63) is 29.8 Å². The van der Waals surface area contributed by atoms with Crippen LogP contribution in [0.2, 0.25) is 0 Å². The van der Waals surface area contributed by atoms with Crippen molar-refractivity contribution in [2.24, 2.45) is 0 Å². The Morgan fingerprint density at radius 1 is 1.43 bits per heavy atom. The van der Waals surface area contributed by atoms with Crippen LogP contribution in [0.1, 0.15) is 36.0 Å². The Labute approximate surface area is 134 Å². The highest BCUT2D eigenvalue weighted by Crippen LogP contribution is 2.24. The smallest absolute Gasteiger partial charge is 0.254 e. The van der Waals surface area contributed by atoms with Gasteiger partial charge in [-0.1, -0.05) is 22.0 Å². The Morgan fingerprint density at radius 2 is 2.19 bits per heavy atom. The molecule has 0 spiro atoms. The summed E-state index contributed by atoms with van der Waals surface area (Å²) in [6.07, 6.45) is 5.24. The van der Waals surface area contributed by atoms with Gasteiger partial charge in [-0.05, 0) is 43.9 Å². The van der Waals surface area contributed by atoms with Crippen LogP contribution in [-0.4, -0.2) is 43.4 Å². The molecule has 2 rings (SSSR count). The largest absolute Gasteiger partial charge is 0.336 e. The van der Waals surface area contributed by atoms with Gasteiger partial charge in [0.25, 0.3) is 5.91 Å². The van der Waals surface area contributed by atoms with Crippen molar-refractivity contribution < 1.29 is 13.2 Å². The number of carbonyl (C=O) groups is 1. The zero-order valence-electron chi connectivity index (χ0n) is 12.1. The Balaban J connectivity index is 2.19. The van der Waals surface area contributed by atoms with E-state index in [2.05, 4.69) is 15.9 Å². The molecule has 4 nitrogen and oxygen atoms in total. The second kappa shape index (κ2) is 6.92. The van der Waals surface area contributed by atoms with Gasteiger partial charge in [-0.15, -0.1) is 0 Å². The van der Waals surface area contributed by atoms with Crippen LogP contribution < -0.4 is 0 Å². The second-order valence-corrected chi connectivity index (χ2v) is 8.23. The summed E-state index contributed by atoms with van der Waals surface area (Å²) in [5, 5.41) is 0.940. The highest BCUT2D eigenvalue weighted by atomic mass is 79.9. The number of nitrogens with zero attached hydrogens (tertiary/aromatic N) is 1. The monoisotopic (exact) mass is 373 g/mol. The molecule has 1 aromatic carbocycles. The maximum absolute atomic E-state index is 12.6. The molecule has 6 heteroatoms. The average Bonchev–Trinajstić information content (AvgIpc) is 2.92. The molecular formula is C15H20BrNO3S. The van der Waals surface area contributed by atoms with Crippen LogP contribution in [0, 0.1) is 0 Å². The zero-order chi connectivity index (χ0) is 15.5. The lowest BCUT2D eigenvalue weighted by Gasteiger charge is -2.24. The van der Waals surface area contributed by atoms with Crippen LogP contribution in [0.5, 0.6) is 0 Å². The molecule has 0 bridgehead atoms. The topological polar surface area (TPSA) is 54.5 Å². The molecule has 0 N–H and O–H groups in total. The number of hydrogen-bond donors (Lipinski definition) is 0. The molecule has 0 radical (unpaired) electrons. The van der Waals surface area contributed by atoms with Gasteiger partial charge in [0.05, 0.1) is 4.90 Å². The molecule has 0 saturated carbocycles. The molecule has 1 atom stereocenters. The number of hydrogen-bond acceptors (Lipinski definition) is 3. The van der Waals surface area contributed by atoms with Gasteiger partial charge in [0.15, 0.2) is 9.84 Å². The number of sulfone groups is 1. The van der Waals surface area contributed by atoms with Gasteiger partial charge in [-0.3, -0.25) is 4.79 Å². The maximum Gasteiger partial charge on any atom is 0.254 e. The number of likely N-dealkylation sites (tertiary alicyclic amines) is 1. The van der Waals surface area contributed by atoms with E-state index in [4.69, 9.17) is 0 Å². The number of carbonyl (C=O) groups excluding carboxylic acids is 1. The molecule has 0 aliphatic carbocycles. The molecule has 1 aromatic rings. The van der Waals surface area contributed by atoms with E-state index in [1.807, 2.05) is 4.90 Å². The maximum atomic E-state index is 12.6. The van der Waals surface area contributed by atoms with Crippen molar-refractivity contribution in [2.75, 3.05) is 18.1 Å². The zero-order valence-corrected chi connectivity index (χ0v) is 14.5. The molecule has 1 heterocycles. The minimum Gasteiger partial charge on any atom is -0.336 e. The summed E-state index contributed by atoms with van der Waals surface area (Å²) in [6, 6.07) is 6.61. The summed E-state index contributed by atoms with van der Waals surface area (Å²) < 4.78 is 23.2. The van der Waals surface area contributed by atoms with Crippen molar-refractivity contribution in [1.29, 1.82) is 0 Å². The number of amides is 1. The molecule has 1 unspecified atom stereocenters. The third-order valence-corrected chi connectivity index (χ3v) is 5.49. The van der Waals surface area contributed by atoms with Crippen molar-refractivity contribution in [3.8, 4) is 0 Å². The van der Waals surface area contributed by atoms with Gasteiger partial charge in [0.1, 0.15) is 0 Å². The summed E-state index contributed by atoms with van der Waals surface area (Å²) in [7, 11) is -3.29. The van der Waals surface area contributed by atoms with Crippen LogP contribution in [0.25, 0.3) is 0 Å². The van der Waals surface area contributed by atoms with Crippen LogP contribution in [0.3, 0.4) is 0 Å². The summed E-state index contributed by atoms with van der Waals surface area (Å²) >= 11 is 3.42. The average molecular weight is 374 g/mol. The minimum absolute atomic E-state index is 0.0578. The van der Waals surface area contributed by atoms with Gasteiger partial charge in [-0.25, -0.2) is 8.42 Å². The molecule has 1 aliphatic rings. The molecule has 1 aliphatic heterocycles. The molecule has 116 valence electrons. The Morgan fingerprint density at radius 3 is 2.86 bits per heavy atom. The van der Waals surface area contributed by atoms with Crippen LogP contribution in [0.4, 0.5) is 0 Å². The van der Waals surface area contributed by atoms with Gasteiger partial charge < -0.3 is 4.90 Å². The minimum atomic E-state index is -3.29. The first kappa shape index (κ1) is 16.5. The lowest BCUT2D eigenvalue weighted by molar-refractivity contribution is 0.0730. The van der Waals surface area contributed by atoms with Gasteiger partial charge >= 0.3 is 0 Å². The summed E-state index contributed by atoms with van der Waals surface area (Å²) in [6.45, 7) is 0.759. The standard InChI is InChI=1S/C15H20BrNO3S/c1-21(19,20)14-8-2-5-12(11-14)15(18)17-10-4-7-13(17)6-3-9-16/h2,5,8,11,13H,3-4,6-7,9-10H2,1H3. The van der Waals surface area contributed by atoms with Crippen LogP contribution >= 0.6 is 15.9 Å². The normalized spacial score (nSPS) is 19.0. The van der Waals surface area contributed by atoms with E-state index >= 15 is 0 Å². The highest BCUT2D eigenvalue weighted by Gasteiger charge is 2.29. The molecule has 21 heavy (non-hydrogen) atoms. The third kappa shape index (κ3) is 4.07. The van der Waals surface area contributed by atoms with E-state index in [1.54, 1.807) is 12.1 Å². The Hall–Kier alpha value is -0.880. The molecule has 1 saturated heterocycles. The summed E-state index contributed by atoms with van der Waals surface area (Å²) in [5.74, 6) is -0.0578. The lowest BCUT2D eigenvalue weighted by atomic mass is 10.1. The predicted octanol–water partition coefficient (Wildman–Crippen LogP) is 2.87. The van der Waals surface area contributed by atoms with Gasteiger partial charge in [0.2, 0.25) is 0 Å². The quantitative estimate of drug-likeness (QED) is 0.745. The lowest BCUT2D eigenvalue weighted by Crippen LogP contribution is -2.35. The van der Waals surface area contributed by atoms with Crippen molar-refractivity contribution in [3.63, 3.8) is 0 Å². The van der Waals surface area contributed by atoms with Gasteiger partial charge in [0, 0.05) is 29.7 Å². The van der Waals surface area contributed by atoms with Crippen LogP contribution in [0.15, 0.2) is 29.2 Å². The fraction of sp³-hybridized carbons (Fsp3) is 0.533.